The Labute approximate surface area is 188 Å². The van der Waals surface area contributed by atoms with E-state index in [4.69, 9.17) is 39.5 Å². The molecule has 0 bridgehead atoms. The van der Waals surface area contributed by atoms with Gasteiger partial charge in [0.2, 0.25) is 10.0 Å². The number of ether oxygens (including phenoxy) is 1. The Morgan fingerprint density at radius 3 is 2.23 bits per heavy atom. The predicted molar refractivity (Wildman–Crippen MR) is 111 cm³/mol. The van der Waals surface area contributed by atoms with E-state index in [1.54, 1.807) is 0 Å². The maximum absolute atomic E-state index is 12.7. The van der Waals surface area contributed by atoms with Crippen LogP contribution in [0, 0.1) is 0 Å². The van der Waals surface area contributed by atoms with Crippen molar-refractivity contribution < 1.29 is 22.7 Å². The Morgan fingerprint density at radius 1 is 0.967 bits per heavy atom. The third-order valence-corrected chi connectivity index (χ3v) is 7.06. The number of piperazine rings is 1. The molecule has 2 heterocycles. The van der Waals surface area contributed by atoms with Crippen molar-refractivity contribution in [1.82, 2.24) is 14.2 Å². The molecule has 30 heavy (non-hydrogen) atoms. The number of carbonyl (C=O) groups is 2. The van der Waals surface area contributed by atoms with Crippen LogP contribution in [0.25, 0.3) is 0 Å². The number of hydrogen-bond donors (Lipinski definition) is 0. The van der Waals surface area contributed by atoms with E-state index in [0.29, 0.717) is 5.02 Å². The van der Waals surface area contributed by atoms with E-state index >= 15 is 0 Å². The minimum atomic E-state index is -3.68. The molecule has 0 radical (unpaired) electrons. The summed E-state index contributed by atoms with van der Waals surface area (Å²) in [5.74, 6) is -1.33. The Morgan fingerprint density at radius 2 is 1.60 bits per heavy atom. The van der Waals surface area contributed by atoms with Crippen LogP contribution < -0.4 is 0 Å². The molecule has 0 unspecified atom stereocenters. The zero-order chi connectivity index (χ0) is 21.9. The van der Waals surface area contributed by atoms with E-state index < -0.39 is 28.5 Å². The number of rotatable bonds is 5. The van der Waals surface area contributed by atoms with Gasteiger partial charge in [0.15, 0.2) is 12.3 Å². The van der Waals surface area contributed by atoms with Gasteiger partial charge in [-0.05, 0) is 36.4 Å². The van der Waals surface area contributed by atoms with E-state index in [-0.39, 0.29) is 46.9 Å². The van der Waals surface area contributed by atoms with Crippen molar-refractivity contribution in [3.63, 3.8) is 0 Å². The summed E-state index contributed by atoms with van der Waals surface area (Å²) in [7, 11) is -3.68. The highest BCUT2D eigenvalue weighted by atomic mass is 35.5. The van der Waals surface area contributed by atoms with Crippen LogP contribution >= 0.6 is 34.8 Å². The Kier molecular flexibility index (Phi) is 7.20. The van der Waals surface area contributed by atoms with Crippen molar-refractivity contribution in [1.29, 1.82) is 0 Å². The molecule has 8 nitrogen and oxygen atoms in total. The molecule has 0 atom stereocenters. The molecular formula is C18H16Cl3N3O5S. The van der Waals surface area contributed by atoms with Crippen molar-refractivity contribution >= 4 is 56.7 Å². The molecule has 12 heteroatoms. The second-order valence-corrected chi connectivity index (χ2v) is 9.45. The van der Waals surface area contributed by atoms with Gasteiger partial charge in [-0.2, -0.15) is 4.31 Å². The van der Waals surface area contributed by atoms with Crippen molar-refractivity contribution in [3.8, 4) is 0 Å². The van der Waals surface area contributed by atoms with E-state index in [0.717, 1.165) is 0 Å². The average Bonchev–Trinajstić information content (AvgIpc) is 2.74. The first kappa shape index (κ1) is 22.8. The van der Waals surface area contributed by atoms with Gasteiger partial charge in [-0.15, -0.1) is 0 Å². The zero-order valence-corrected chi connectivity index (χ0v) is 18.5. The number of sulfonamides is 1. The number of aromatic nitrogens is 1. The lowest BCUT2D eigenvalue weighted by Crippen LogP contribution is -2.51. The summed E-state index contributed by atoms with van der Waals surface area (Å²) < 4.78 is 31.6. The van der Waals surface area contributed by atoms with Crippen molar-refractivity contribution in [2.75, 3.05) is 32.8 Å². The lowest BCUT2D eigenvalue weighted by atomic mass is 10.3. The molecule has 2 aromatic rings. The summed E-state index contributed by atoms with van der Waals surface area (Å²) in [5, 5.41) is 0.557. The first-order valence-corrected chi connectivity index (χ1v) is 11.3. The topological polar surface area (TPSA) is 96.9 Å². The number of halogens is 3. The van der Waals surface area contributed by atoms with E-state index in [1.807, 2.05) is 0 Å². The summed E-state index contributed by atoms with van der Waals surface area (Å²) in [5.41, 5.74) is -0.184. The van der Waals surface area contributed by atoms with Crippen LogP contribution in [-0.4, -0.2) is 67.3 Å². The number of benzene rings is 1. The molecule has 0 N–H and O–H groups in total. The minimum Gasteiger partial charge on any atom is -0.451 e. The molecule has 0 spiro atoms. The normalized spacial score (nSPS) is 15.1. The molecule has 0 saturated carbocycles. The highest BCUT2D eigenvalue weighted by Gasteiger charge is 2.30. The van der Waals surface area contributed by atoms with E-state index in [1.165, 1.54) is 45.6 Å². The van der Waals surface area contributed by atoms with Crippen LogP contribution in [0.15, 0.2) is 41.3 Å². The predicted octanol–water partition coefficient (Wildman–Crippen LogP) is 2.73. The standard InChI is InChI=1S/C18H16Cl3N3O5S/c19-12-1-3-13(4-2-12)30(27,28)24-9-7-23(8-10-24)16(25)11-29-18(26)17-14(20)5-6-15(21)22-17/h1-6H,7-11H2. The third kappa shape index (κ3) is 5.22. The van der Waals surface area contributed by atoms with Crippen molar-refractivity contribution in [3.05, 3.63) is 57.3 Å². The zero-order valence-electron chi connectivity index (χ0n) is 15.4. The molecule has 1 fully saturated rings. The summed E-state index contributed by atoms with van der Waals surface area (Å²) in [6.07, 6.45) is 0. The first-order chi connectivity index (χ1) is 14.2. The Bertz CT molecular complexity index is 1060. The maximum Gasteiger partial charge on any atom is 0.359 e. The monoisotopic (exact) mass is 491 g/mol. The lowest BCUT2D eigenvalue weighted by molar-refractivity contribution is -0.135. The first-order valence-electron chi connectivity index (χ1n) is 8.71. The largest absolute Gasteiger partial charge is 0.451 e. The number of amides is 1. The fourth-order valence-corrected chi connectivity index (χ4v) is 4.66. The highest BCUT2D eigenvalue weighted by Crippen LogP contribution is 2.20. The minimum absolute atomic E-state index is 0.0536. The summed E-state index contributed by atoms with van der Waals surface area (Å²) >= 11 is 17.4. The number of pyridine rings is 1. The van der Waals surface area contributed by atoms with Crippen molar-refractivity contribution in [2.45, 2.75) is 4.90 Å². The van der Waals surface area contributed by atoms with Crippen LogP contribution in [0.2, 0.25) is 15.2 Å². The van der Waals surface area contributed by atoms with Crippen LogP contribution in [-0.2, 0) is 19.6 Å². The fraction of sp³-hybridized carbons (Fsp3) is 0.278. The van der Waals surface area contributed by atoms with Gasteiger partial charge in [-0.1, -0.05) is 34.8 Å². The van der Waals surface area contributed by atoms with Crippen LogP contribution in [0.5, 0.6) is 0 Å². The van der Waals surface area contributed by atoms with Gasteiger partial charge >= 0.3 is 5.97 Å². The number of nitrogens with zero attached hydrogens (tertiary/aromatic N) is 3. The molecule has 1 amide bonds. The average molecular weight is 493 g/mol. The Hall–Kier alpha value is -1.91. The molecular weight excluding hydrogens is 477 g/mol. The van der Waals surface area contributed by atoms with Gasteiger partial charge in [-0.25, -0.2) is 18.2 Å². The molecule has 1 aliphatic heterocycles. The van der Waals surface area contributed by atoms with Gasteiger partial charge in [-0.3, -0.25) is 4.79 Å². The fourth-order valence-electron chi connectivity index (χ4n) is 2.78. The summed E-state index contributed by atoms with van der Waals surface area (Å²) in [6, 6.07) is 8.69. The molecule has 1 aliphatic rings. The molecule has 160 valence electrons. The third-order valence-electron chi connectivity index (χ3n) is 4.37. The smallest absolute Gasteiger partial charge is 0.359 e. The van der Waals surface area contributed by atoms with Crippen LogP contribution in [0.1, 0.15) is 10.5 Å². The molecule has 1 aromatic heterocycles. The van der Waals surface area contributed by atoms with Gasteiger partial charge in [0, 0.05) is 31.2 Å². The lowest BCUT2D eigenvalue weighted by Gasteiger charge is -2.33. The van der Waals surface area contributed by atoms with Gasteiger partial charge < -0.3 is 9.64 Å². The van der Waals surface area contributed by atoms with Gasteiger partial charge in [0.25, 0.3) is 5.91 Å². The van der Waals surface area contributed by atoms with Gasteiger partial charge in [0.05, 0.1) is 9.92 Å². The van der Waals surface area contributed by atoms with Gasteiger partial charge in [0.1, 0.15) is 5.15 Å². The molecule has 0 aliphatic carbocycles. The second-order valence-electron chi connectivity index (χ2n) is 6.28. The second kappa shape index (κ2) is 9.49. The van der Waals surface area contributed by atoms with Crippen molar-refractivity contribution in [2.24, 2.45) is 0 Å². The maximum atomic E-state index is 12.7. The number of esters is 1. The van der Waals surface area contributed by atoms with Crippen LogP contribution in [0.4, 0.5) is 0 Å². The quantitative estimate of drug-likeness (QED) is 0.470. The van der Waals surface area contributed by atoms with E-state index in [2.05, 4.69) is 4.98 Å². The Balaban J connectivity index is 1.54. The van der Waals surface area contributed by atoms with E-state index in [9.17, 15) is 18.0 Å². The summed E-state index contributed by atoms with van der Waals surface area (Å²) in [6.45, 7) is 0.0463. The number of hydrogen-bond acceptors (Lipinski definition) is 6. The highest BCUT2D eigenvalue weighted by molar-refractivity contribution is 7.89. The SMILES string of the molecule is O=C(OCC(=O)N1CCN(S(=O)(=O)c2ccc(Cl)cc2)CC1)c1nc(Cl)ccc1Cl. The molecule has 3 rings (SSSR count). The number of carbonyl (C=O) groups excluding carboxylic acids is 2. The summed E-state index contributed by atoms with van der Waals surface area (Å²) in [4.78, 5) is 29.8. The van der Waals surface area contributed by atoms with Crippen LogP contribution in [0.3, 0.4) is 0 Å². The molecule has 1 saturated heterocycles. The molecule has 1 aromatic carbocycles.